The normalized spacial score (nSPS) is 14.8. The van der Waals surface area contributed by atoms with E-state index in [1.165, 1.54) is 37.4 Å². The molecule has 1 saturated carbocycles. The molecule has 1 aliphatic rings. The lowest BCUT2D eigenvalue weighted by atomic mass is 10.1. The van der Waals surface area contributed by atoms with Crippen LogP contribution in [0, 0.1) is 0 Å². The zero-order valence-electron chi connectivity index (χ0n) is 15.5. The number of carbonyl (C=O) groups is 2. The summed E-state index contributed by atoms with van der Waals surface area (Å²) < 4.78 is 30.0. The fraction of sp³-hybridized carbons (Fsp3) is 0.316. The highest BCUT2D eigenvalue weighted by molar-refractivity contribution is 7.92. The highest BCUT2D eigenvalue weighted by atomic mass is 32.2. The Hall–Kier alpha value is -2.94. The van der Waals surface area contributed by atoms with Crippen LogP contribution in [0.15, 0.2) is 42.6 Å². The Labute approximate surface area is 163 Å². The van der Waals surface area contributed by atoms with Crippen molar-refractivity contribution in [3.63, 3.8) is 0 Å². The van der Waals surface area contributed by atoms with Gasteiger partial charge in [-0.3, -0.25) is 9.52 Å². The van der Waals surface area contributed by atoms with E-state index in [0.717, 1.165) is 19.1 Å². The fourth-order valence-electron chi connectivity index (χ4n) is 2.47. The minimum atomic E-state index is -3.39. The van der Waals surface area contributed by atoms with Gasteiger partial charge in [-0.15, -0.1) is 0 Å². The molecule has 0 saturated heterocycles. The largest absolute Gasteiger partial charge is 0.451 e. The monoisotopic (exact) mass is 403 g/mol. The highest BCUT2D eigenvalue weighted by Gasteiger charge is 2.22. The summed E-state index contributed by atoms with van der Waals surface area (Å²) >= 11 is 0. The van der Waals surface area contributed by atoms with Crippen LogP contribution >= 0.6 is 0 Å². The van der Waals surface area contributed by atoms with Crippen molar-refractivity contribution >= 4 is 33.3 Å². The van der Waals surface area contributed by atoms with E-state index in [2.05, 4.69) is 15.0 Å². The van der Waals surface area contributed by atoms with Crippen molar-refractivity contribution in [3.8, 4) is 0 Å². The number of aromatic nitrogens is 1. The summed E-state index contributed by atoms with van der Waals surface area (Å²) in [6, 6.07) is 9.65. The molecule has 0 amide bonds. The SMILES string of the molecule is CC(OC(=O)c1ccc(NC2CC2)nc1)C(=O)c1ccc(NS(C)(=O)=O)cc1. The molecule has 1 atom stereocenters. The molecule has 0 radical (unpaired) electrons. The molecule has 0 spiro atoms. The molecule has 1 unspecified atom stereocenters. The van der Waals surface area contributed by atoms with Crippen LogP contribution in [0.5, 0.6) is 0 Å². The number of rotatable bonds is 8. The number of hydrogen-bond donors (Lipinski definition) is 2. The number of nitrogens with one attached hydrogen (secondary N) is 2. The Kier molecular flexibility index (Phi) is 5.64. The molecule has 8 nitrogen and oxygen atoms in total. The van der Waals surface area contributed by atoms with Crippen molar-refractivity contribution in [2.45, 2.75) is 31.9 Å². The van der Waals surface area contributed by atoms with Gasteiger partial charge >= 0.3 is 5.97 Å². The number of sulfonamides is 1. The lowest BCUT2D eigenvalue weighted by Crippen LogP contribution is -2.24. The van der Waals surface area contributed by atoms with Gasteiger partial charge in [-0.2, -0.15) is 0 Å². The van der Waals surface area contributed by atoms with Crippen LogP contribution < -0.4 is 10.0 Å². The van der Waals surface area contributed by atoms with Gasteiger partial charge < -0.3 is 10.1 Å². The van der Waals surface area contributed by atoms with Crippen molar-refractivity contribution in [1.29, 1.82) is 0 Å². The molecule has 0 bridgehead atoms. The molecule has 1 aromatic carbocycles. The number of ketones is 1. The Balaban J connectivity index is 1.59. The molecule has 1 aliphatic carbocycles. The van der Waals surface area contributed by atoms with Gasteiger partial charge in [0, 0.05) is 23.5 Å². The van der Waals surface area contributed by atoms with Crippen molar-refractivity contribution < 1.29 is 22.7 Å². The number of carbonyl (C=O) groups excluding carboxylic acids is 2. The molecule has 2 aromatic rings. The molecule has 3 rings (SSSR count). The number of Topliss-reactive ketones (excluding diaryl/α,β-unsaturated/α-hetero) is 1. The third-order valence-electron chi connectivity index (χ3n) is 4.05. The van der Waals surface area contributed by atoms with E-state index in [1.807, 2.05) is 0 Å². The van der Waals surface area contributed by atoms with Crippen LogP contribution in [-0.2, 0) is 14.8 Å². The third kappa shape index (κ3) is 5.53. The number of nitrogens with zero attached hydrogens (tertiary/aromatic N) is 1. The van der Waals surface area contributed by atoms with Gasteiger partial charge in [0.25, 0.3) is 0 Å². The predicted octanol–water partition coefficient (Wildman–Crippen LogP) is 2.46. The molecular formula is C19H21N3O5S. The zero-order valence-corrected chi connectivity index (χ0v) is 16.3. The molecule has 9 heteroatoms. The third-order valence-corrected chi connectivity index (χ3v) is 4.66. The first-order chi connectivity index (χ1) is 13.2. The minimum Gasteiger partial charge on any atom is -0.451 e. The van der Waals surface area contributed by atoms with Crippen LogP contribution in [0.4, 0.5) is 11.5 Å². The minimum absolute atomic E-state index is 0.258. The maximum Gasteiger partial charge on any atom is 0.340 e. The predicted molar refractivity (Wildman–Crippen MR) is 105 cm³/mol. The lowest BCUT2D eigenvalue weighted by Gasteiger charge is -2.13. The molecule has 1 aromatic heterocycles. The summed E-state index contributed by atoms with van der Waals surface area (Å²) in [7, 11) is -3.39. The van der Waals surface area contributed by atoms with Crippen molar-refractivity contribution in [2.24, 2.45) is 0 Å². The van der Waals surface area contributed by atoms with E-state index < -0.39 is 22.1 Å². The average Bonchev–Trinajstić information content (AvgIpc) is 3.45. The smallest absolute Gasteiger partial charge is 0.340 e. The second kappa shape index (κ2) is 7.97. The van der Waals surface area contributed by atoms with E-state index in [1.54, 1.807) is 12.1 Å². The molecule has 1 fully saturated rings. The van der Waals surface area contributed by atoms with Gasteiger partial charge in [0.1, 0.15) is 5.82 Å². The standard InChI is InChI=1S/C19H21N3O5S/c1-12(18(23)13-3-6-16(7-4-13)22-28(2,25)26)27-19(24)14-5-10-17(20-11-14)21-15-8-9-15/h3-7,10-12,15,22H,8-9H2,1-2H3,(H,20,21). The first kappa shape index (κ1) is 19.8. The topological polar surface area (TPSA) is 114 Å². The van der Waals surface area contributed by atoms with Crippen LogP contribution in [0.1, 0.15) is 40.5 Å². The summed E-state index contributed by atoms with van der Waals surface area (Å²) in [5.74, 6) is -0.327. The summed E-state index contributed by atoms with van der Waals surface area (Å²) in [4.78, 5) is 28.9. The molecule has 1 heterocycles. The van der Waals surface area contributed by atoms with Crippen molar-refractivity contribution in [3.05, 3.63) is 53.7 Å². The number of benzene rings is 1. The molecule has 2 N–H and O–H groups in total. The van der Waals surface area contributed by atoms with E-state index >= 15 is 0 Å². The molecular weight excluding hydrogens is 382 g/mol. The average molecular weight is 403 g/mol. The van der Waals surface area contributed by atoms with Crippen LogP contribution in [0.2, 0.25) is 0 Å². The zero-order chi connectivity index (χ0) is 20.3. The van der Waals surface area contributed by atoms with Crippen LogP contribution in [0.25, 0.3) is 0 Å². The number of esters is 1. The summed E-state index contributed by atoms with van der Waals surface area (Å²) in [5.41, 5.74) is 0.907. The first-order valence-electron chi connectivity index (χ1n) is 8.77. The van der Waals surface area contributed by atoms with Gasteiger partial charge in [0.15, 0.2) is 6.10 Å². The number of ether oxygens (including phenoxy) is 1. The fourth-order valence-corrected chi connectivity index (χ4v) is 3.03. The van der Waals surface area contributed by atoms with Gasteiger partial charge in [0.2, 0.25) is 15.8 Å². The van der Waals surface area contributed by atoms with Gasteiger partial charge in [-0.05, 0) is 56.2 Å². The summed E-state index contributed by atoms with van der Waals surface area (Å²) in [6.45, 7) is 1.49. The second-order valence-corrected chi connectivity index (χ2v) is 8.46. The molecule has 148 valence electrons. The van der Waals surface area contributed by atoms with Crippen LogP contribution in [-0.4, -0.2) is 43.6 Å². The van der Waals surface area contributed by atoms with Gasteiger partial charge in [-0.1, -0.05) is 0 Å². The van der Waals surface area contributed by atoms with Crippen LogP contribution in [0.3, 0.4) is 0 Å². The number of anilines is 2. The second-order valence-electron chi connectivity index (χ2n) is 6.71. The van der Waals surface area contributed by atoms with Crippen molar-refractivity contribution in [2.75, 3.05) is 16.3 Å². The van der Waals surface area contributed by atoms with E-state index in [9.17, 15) is 18.0 Å². The molecule has 0 aliphatic heterocycles. The van der Waals surface area contributed by atoms with Gasteiger partial charge in [-0.25, -0.2) is 18.2 Å². The van der Waals surface area contributed by atoms with E-state index in [4.69, 9.17) is 4.74 Å². The Bertz CT molecular complexity index is 968. The summed E-state index contributed by atoms with van der Waals surface area (Å²) in [5, 5.41) is 3.22. The highest BCUT2D eigenvalue weighted by Crippen LogP contribution is 2.23. The van der Waals surface area contributed by atoms with E-state index in [-0.39, 0.29) is 11.3 Å². The maximum atomic E-state index is 12.4. The van der Waals surface area contributed by atoms with Gasteiger partial charge in [0.05, 0.1) is 11.8 Å². The van der Waals surface area contributed by atoms with E-state index in [0.29, 0.717) is 23.1 Å². The number of pyridine rings is 1. The Morgan fingerprint density at radius 1 is 1.11 bits per heavy atom. The number of hydrogen-bond acceptors (Lipinski definition) is 7. The quantitative estimate of drug-likeness (QED) is 0.514. The Morgan fingerprint density at radius 3 is 2.29 bits per heavy atom. The molecule has 28 heavy (non-hydrogen) atoms. The Morgan fingerprint density at radius 2 is 1.75 bits per heavy atom. The summed E-state index contributed by atoms with van der Waals surface area (Å²) in [6.07, 6.45) is 3.70. The van der Waals surface area contributed by atoms with Crippen molar-refractivity contribution in [1.82, 2.24) is 4.98 Å². The first-order valence-corrected chi connectivity index (χ1v) is 10.7. The lowest BCUT2D eigenvalue weighted by molar-refractivity contribution is 0.0318. The maximum absolute atomic E-state index is 12.4.